The minimum Gasteiger partial charge on any atom is -0.312 e. The van der Waals surface area contributed by atoms with Crippen LogP contribution in [0.2, 0.25) is 5.28 Å². The normalized spacial score (nSPS) is 26.3. The van der Waals surface area contributed by atoms with Crippen molar-refractivity contribution in [2.24, 2.45) is 10.9 Å². The molecule has 2 fully saturated rings. The van der Waals surface area contributed by atoms with E-state index in [1.54, 1.807) is 0 Å². The Morgan fingerprint density at radius 2 is 1.93 bits per heavy atom. The van der Waals surface area contributed by atoms with Crippen molar-refractivity contribution >= 4 is 29.0 Å². The number of hydrogen-bond donors (Lipinski definition) is 0. The zero-order valence-corrected chi connectivity index (χ0v) is 17.9. The topological polar surface area (TPSA) is 59.2 Å². The van der Waals surface area contributed by atoms with Crippen LogP contribution in [-0.2, 0) is 5.66 Å². The SMILES string of the molecule is CCCC1CCN(C2(c3nc(Cl)nc4c3ncn4C3CCCC3)C=CC=N2)CC1. The van der Waals surface area contributed by atoms with Gasteiger partial charge in [0.2, 0.25) is 5.28 Å². The van der Waals surface area contributed by atoms with Gasteiger partial charge in [-0.3, -0.25) is 9.89 Å². The highest BCUT2D eigenvalue weighted by Gasteiger charge is 2.43. The van der Waals surface area contributed by atoms with Crippen molar-refractivity contribution in [2.75, 3.05) is 13.1 Å². The number of aromatic nitrogens is 4. The lowest BCUT2D eigenvalue weighted by Crippen LogP contribution is -2.47. The standard InChI is InChI=1S/C22H29ClN6/c1-2-6-16-9-13-28(14-10-16)22(11-5-12-25-22)19-18-20(27-21(23)26-19)29(15-24-18)17-7-3-4-8-17/h5,11-12,15-17H,2-4,6-10,13-14H2,1H3. The van der Waals surface area contributed by atoms with E-state index in [1.165, 1.54) is 51.4 Å². The first-order valence-electron chi connectivity index (χ1n) is 11.1. The molecule has 0 aromatic carbocycles. The van der Waals surface area contributed by atoms with Crippen LogP contribution in [0.3, 0.4) is 0 Å². The predicted molar refractivity (Wildman–Crippen MR) is 116 cm³/mol. The van der Waals surface area contributed by atoms with E-state index < -0.39 is 5.66 Å². The zero-order valence-electron chi connectivity index (χ0n) is 17.1. The third-order valence-corrected chi connectivity index (χ3v) is 7.11. The van der Waals surface area contributed by atoms with E-state index in [0.717, 1.165) is 35.9 Å². The lowest BCUT2D eigenvalue weighted by atomic mass is 9.90. The van der Waals surface area contributed by atoms with Gasteiger partial charge >= 0.3 is 0 Å². The third-order valence-electron chi connectivity index (χ3n) is 6.94. The van der Waals surface area contributed by atoms with Gasteiger partial charge in [0.1, 0.15) is 11.2 Å². The van der Waals surface area contributed by atoms with Crippen LogP contribution in [0.25, 0.3) is 11.2 Å². The van der Waals surface area contributed by atoms with Gasteiger partial charge in [0.15, 0.2) is 11.3 Å². The molecular weight excluding hydrogens is 384 g/mol. The number of aliphatic imine (C=N–C) groups is 1. The minimum absolute atomic E-state index is 0.281. The summed E-state index contributed by atoms with van der Waals surface area (Å²) in [5.41, 5.74) is 1.89. The highest BCUT2D eigenvalue weighted by molar-refractivity contribution is 6.28. The van der Waals surface area contributed by atoms with Crippen LogP contribution in [0.5, 0.6) is 0 Å². The van der Waals surface area contributed by atoms with E-state index in [9.17, 15) is 0 Å². The van der Waals surface area contributed by atoms with Crippen LogP contribution in [0.15, 0.2) is 23.5 Å². The Morgan fingerprint density at radius 1 is 1.14 bits per heavy atom. The summed E-state index contributed by atoms with van der Waals surface area (Å²) in [5.74, 6) is 0.818. The Labute approximate surface area is 177 Å². The average molecular weight is 413 g/mol. The number of nitrogens with zero attached hydrogens (tertiary/aromatic N) is 6. The number of likely N-dealkylation sites (tertiary alicyclic amines) is 1. The van der Waals surface area contributed by atoms with Crippen molar-refractivity contribution in [3.05, 3.63) is 29.5 Å². The van der Waals surface area contributed by atoms with Crippen LogP contribution in [0.4, 0.5) is 0 Å². The first-order chi connectivity index (χ1) is 14.2. The largest absolute Gasteiger partial charge is 0.312 e. The molecule has 154 valence electrons. The zero-order chi connectivity index (χ0) is 19.8. The van der Waals surface area contributed by atoms with Crippen molar-refractivity contribution in [3.63, 3.8) is 0 Å². The highest BCUT2D eigenvalue weighted by Crippen LogP contribution is 2.40. The summed E-state index contributed by atoms with van der Waals surface area (Å²) in [7, 11) is 0. The molecule has 0 amide bonds. The van der Waals surface area contributed by atoms with E-state index in [0.29, 0.717) is 6.04 Å². The Hall–Kier alpha value is -1.79. The molecule has 6 nitrogen and oxygen atoms in total. The molecule has 29 heavy (non-hydrogen) atoms. The van der Waals surface area contributed by atoms with Gasteiger partial charge in [0, 0.05) is 25.3 Å². The van der Waals surface area contributed by atoms with E-state index in [2.05, 4.69) is 27.5 Å². The van der Waals surface area contributed by atoms with E-state index >= 15 is 0 Å². The second kappa shape index (κ2) is 7.80. The summed E-state index contributed by atoms with van der Waals surface area (Å²) in [6.45, 7) is 4.30. The van der Waals surface area contributed by atoms with E-state index in [-0.39, 0.29) is 5.28 Å². The van der Waals surface area contributed by atoms with Gasteiger partial charge in [0.05, 0.1) is 6.33 Å². The summed E-state index contributed by atoms with van der Waals surface area (Å²) in [4.78, 5) is 21.4. The van der Waals surface area contributed by atoms with Crippen LogP contribution in [0, 0.1) is 5.92 Å². The van der Waals surface area contributed by atoms with Crippen LogP contribution in [0.1, 0.15) is 70.0 Å². The van der Waals surface area contributed by atoms with E-state index in [4.69, 9.17) is 26.6 Å². The molecule has 3 aliphatic rings. The lowest BCUT2D eigenvalue weighted by molar-refractivity contribution is 0.0843. The molecule has 4 heterocycles. The molecule has 0 spiro atoms. The fourth-order valence-electron chi connectivity index (χ4n) is 5.42. The van der Waals surface area contributed by atoms with Crippen LogP contribution in [-0.4, -0.2) is 43.7 Å². The molecule has 2 aromatic heterocycles. The van der Waals surface area contributed by atoms with Crippen LogP contribution >= 0.6 is 11.6 Å². The minimum atomic E-state index is -0.614. The average Bonchev–Trinajstić information content (AvgIpc) is 3.48. The third kappa shape index (κ3) is 3.30. The summed E-state index contributed by atoms with van der Waals surface area (Å²) in [6, 6.07) is 0.460. The number of piperidine rings is 1. The summed E-state index contributed by atoms with van der Waals surface area (Å²) in [5, 5.41) is 0.281. The summed E-state index contributed by atoms with van der Waals surface area (Å²) >= 11 is 6.45. The molecule has 1 aliphatic carbocycles. The summed E-state index contributed by atoms with van der Waals surface area (Å²) < 4.78 is 2.21. The van der Waals surface area contributed by atoms with Gasteiger partial charge in [0.25, 0.3) is 0 Å². The second-order valence-electron chi connectivity index (χ2n) is 8.69. The first kappa shape index (κ1) is 19.2. The first-order valence-corrected chi connectivity index (χ1v) is 11.5. The fraction of sp³-hybridized carbons (Fsp3) is 0.636. The quantitative estimate of drug-likeness (QED) is 0.655. The molecule has 1 unspecified atom stereocenters. The highest BCUT2D eigenvalue weighted by atomic mass is 35.5. The number of rotatable bonds is 5. The molecule has 2 aliphatic heterocycles. The molecule has 0 bridgehead atoms. The maximum atomic E-state index is 6.45. The maximum absolute atomic E-state index is 6.45. The van der Waals surface area contributed by atoms with Gasteiger partial charge in [-0.25, -0.2) is 9.97 Å². The van der Waals surface area contributed by atoms with Crippen molar-refractivity contribution in [3.8, 4) is 0 Å². The number of halogens is 1. The lowest BCUT2D eigenvalue weighted by Gasteiger charge is -2.41. The monoisotopic (exact) mass is 412 g/mol. The molecule has 0 N–H and O–H groups in total. The van der Waals surface area contributed by atoms with E-state index in [1.807, 2.05) is 18.6 Å². The van der Waals surface area contributed by atoms with Crippen molar-refractivity contribution in [2.45, 2.75) is 70.0 Å². The van der Waals surface area contributed by atoms with Gasteiger partial charge in [-0.15, -0.1) is 0 Å². The molecule has 7 heteroatoms. The Balaban J connectivity index is 1.56. The molecule has 1 atom stereocenters. The van der Waals surface area contributed by atoms with Crippen molar-refractivity contribution < 1.29 is 0 Å². The summed E-state index contributed by atoms with van der Waals surface area (Å²) in [6.07, 6.45) is 17.9. The number of allylic oxidation sites excluding steroid dienone is 1. The molecular formula is C22H29ClN6. The second-order valence-corrected chi connectivity index (χ2v) is 9.02. The Bertz CT molecular complexity index is 922. The maximum Gasteiger partial charge on any atom is 0.224 e. The smallest absolute Gasteiger partial charge is 0.224 e. The number of imidazole rings is 1. The molecule has 2 aromatic rings. The fourth-order valence-corrected chi connectivity index (χ4v) is 5.59. The van der Waals surface area contributed by atoms with Gasteiger partial charge < -0.3 is 4.57 Å². The van der Waals surface area contributed by atoms with Gasteiger partial charge in [-0.2, -0.15) is 4.98 Å². The molecule has 1 saturated carbocycles. The Morgan fingerprint density at radius 3 is 2.62 bits per heavy atom. The van der Waals surface area contributed by atoms with Crippen molar-refractivity contribution in [1.29, 1.82) is 0 Å². The Kier molecular flexibility index (Phi) is 5.16. The molecule has 0 radical (unpaired) electrons. The number of fused-ring (bicyclic) bond motifs is 1. The molecule has 5 rings (SSSR count). The van der Waals surface area contributed by atoms with Gasteiger partial charge in [-0.1, -0.05) is 32.6 Å². The molecule has 1 saturated heterocycles. The number of hydrogen-bond acceptors (Lipinski definition) is 5. The van der Waals surface area contributed by atoms with Crippen LogP contribution < -0.4 is 0 Å². The predicted octanol–water partition coefficient (Wildman–Crippen LogP) is 4.90. The van der Waals surface area contributed by atoms with Crippen molar-refractivity contribution in [1.82, 2.24) is 24.4 Å². The van der Waals surface area contributed by atoms with Gasteiger partial charge in [-0.05, 0) is 55.4 Å².